The number of nitrogens with one attached hydrogen (secondary N) is 3. The molecule has 1 aliphatic rings. The minimum atomic E-state index is -4.28. The van der Waals surface area contributed by atoms with E-state index in [-0.39, 0.29) is 22.6 Å². The molecule has 2 aromatic carbocycles. The van der Waals surface area contributed by atoms with E-state index in [0.29, 0.717) is 17.9 Å². The van der Waals surface area contributed by atoms with Crippen LogP contribution in [0.25, 0.3) is 0 Å². The molecule has 2 heterocycles. The van der Waals surface area contributed by atoms with Gasteiger partial charge in [0.25, 0.3) is 10.0 Å². The zero-order valence-corrected chi connectivity index (χ0v) is 19.1. The highest BCUT2D eigenvalue weighted by Crippen LogP contribution is 2.36. The fourth-order valence-electron chi connectivity index (χ4n) is 3.61. The smallest absolute Gasteiger partial charge is 0.266 e. The molecule has 1 unspecified atom stereocenters. The molecule has 33 heavy (non-hydrogen) atoms. The van der Waals surface area contributed by atoms with Gasteiger partial charge in [-0.05, 0) is 43.8 Å². The summed E-state index contributed by atoms with van der Waals surface area (Å²) in [6.45, 7) is 1.40. The average molecular weight is 495 g/mol. The zero-order valence-electron chi connectivity index (χ0n) is 17.5. The van der Waals surface area contributed by atoms with Gasteiger partial charge < -0.3 is 15.5 Å². The molecule has 0 bridgehead atoms. The summed E-state index contributed by atoms with van der Waals surface area (Å²) >= 11 is 6.30. The van der Waals surface area contributed by atoms with Gasteiger partial charge in [0.1, 0.15) is 28.7 Å². The van der Waals surface area contributed by atoms with Crippen molar-refractivity contribution in [2.75, 3.05) is 35.1 Å². The van der Waals surface area contributed by atoms with Crippen LogP contribution in [-0.2, 0) is 10.0 Å². The Morgan fingerprint density at radius 3 is 2.67 bits per heavy atom. The highest BCUT2D eigenvalue weighted by Gasteiger charge is 2.25. The van der Waals surface area contributed by atoms with E-state index in [0.717, 1.165) is 31.4 Å². The summed E-state index contributed by atoms with van der Waals surface area (Å²) in [7, 11) is -2.41. The standard InChI is InChI=1S/C21H21ClF2N6O2S/c1-25-14-5-7-30(11-14)19-8-13(23)2-3-17(19)28-18-10-16(24)20(9-15(18)22)33(31,32)29-21-4-6-26-12-27-21/h2-4,6,8-10,12,14,25,28H,5,7,11H2,1H3,(H,26,27,29). The third kappa shape index (κ3) is 5.15. The molecule has 1 fully saturated rings. The van der Waals surface area contributed by atoms with E-state index in [4.69, 9.17) is 11.6 Å². The van der Waals surface area contributed by atoms with Crippen LogP contribution in [0.1, 0.15) is 6.42 Å². The van der Waals surface area contributed by atoms with Crippen LogP contribution in [0.5, 0.6) is 0 Å². The first kappa shape index (κ1) is 23.1. The van der Waals surface area contributed by atoms with Gasteiger partial charge >= 0.3 is 0 Å². The molecule has 0 saturated carbocycles. The molecule has 4 rings (SSSR count). The molecule has 174 valence electrons. The van der Waals surface area contributed by atoms with Gasteiger partial charge in [0.15, 0.2) is 0 Å². The van der Waals surface area contributed by atoms with Crippen LogP contribution in [0, 0.1) is 11.6 Å². The maximum Gasteiger partial charge on any atom is 0.266 e. The first-order valence-corrected chi connectivity index (χ1v) is 11.9. The van der Waals surface area contributed by atoms with Gasteiger partial charge in [0.05, 0.1) is 22.1 Å². The Morgan fingerprint density at radius 1 is 1.15 bits per heavy atom. The fraction of sp³-hybridized carbons (Fsp3) is 0.238. The maximum absolute atomic E-state index is 14.9. The molecule has 0 aliphatic carbocycles. The SMILES string of the molecule is CNC1CCN(c2cc(F)ccc2Nc2cc(F)c(S(=O)(=O)Nc3ccncn3)cc2Cl)C1. The van der Waals surface area contributed by atoms with E-state index in [1.54, 1.807) is 0 Å². The number of rotatable bonds is 7. The van der Waals surface area contributed by atoms with Crippen LogP contribution in [0.4, 0.5) is 31.7 Å². The van der Waals surface area contributed by atoms with Crippen LogP contribution in [0.2, 0.25) is 5.02 Å². The summed E-state index contributed by atoms with van der Waals surface area (Å²) in [5, 5.41) is 6.19. The van der Waals surface area contributed by atoms with E-state index in [1.807, 2.05) is 11.9 Å². The second-order valence-electron chi connectivity index (χ2n) is 7.47. The van der Waals surface area contributed by atoms with Crippen LogP contribution >= 0.6 is 11.6 Å². The van der Waals surface area contributed by atoms with Crippen molar-refractivity contribution in [2.24, 2.45) is 0 Å². The lowest BCUT2D eigenvalue weighted by atomic mass is 10.2. The molecule has 8 nitrogen and oxygen atoms in total. The number of hydrogen-bond acceptors (Lipinski definition) is 7. The third-order valence-electron chi connectivity index (χ3n) is 5.30. The molecular formula is C21H21ClF2N6O2S. The topological polar surface area (TPSA) is 99.2 Å². The van der Waals surface area contributed by atoms with Crippen molar-refractivity contribution in [3.05, 3.63) is 65.6 Å². The summed E-state index contributed by atoms with van der Waals surface area (Å²) in [4.78, 5) is 8.86. The number of halogens is 3. The Hall–Kier alpha value is -3.02. The minimum absolute atomic E-state index is 0.0100. The summed E-state index contributed by atoms with van der Waals surface area (Å²) in [6.07, 6.45) is 3.40. The van der Waals surface area contributed by atoms with E-state index < -0.39 is 26.6 Å². The van der Waals surface area contributed by atoms with Gasteiger partial charge in [-0.1, -0.05) is 11.6 Å². The minimum Gasteiger partial charge on any atom is -0.368 e. The molecule has 0 spiro atoms. The quantitative estimate of drug-likeness (QED) is 0.460. The average Bonchev–Trinajstić information content (AvgIpc) is 3.26. The van der Waals surface area contributed by atoms with Gasteiger partial charge in [-0.15, -0.1) is 0 Å². The van der Waals surface area contributed by atoms with Crippen LogP contribution in [0.3, 0.4) is 0 Å². The summed E-state index contributed by atoms with van der Waals surface area (Å²) in [6, 6.07) is 7.83. The number of likely N-dealkylation sites (N-methyl/N-ethyl adjacent to an activating group) is 1. The normalized spacial score (nSPS) is 16.1. The van der Waals surface area contributed by atoms with Crippen molar-refractivity contribution in [2.45, 2.75) is 17.4 Å². The molecule has 1 aromatic heterocycles. The monoisotopic (exact) mass is 494 g/mol. The van der Waals surface area contributed by atoms with Gasteiger partial charge in [0.2, 0.25) is 0 Å². The Kier molecular flexibility index (Phi) is 6.63. The molecule has 1 aliphatic heterocycles. The molecule has 1 atom stereocenters. The zero-order chi connectivity index (χ0) is 23.6. The van der Waals surface area contributed by atoms with Crippen molar-refractivity contribution in [1.82, 2.24) is 15.3 Å². The molecule has 0 amide bonds. The number of benzene rings is 2. The number of aromatic nitrogens is 2. The lowest BCUT2D eigenvalue weighted by Gasteiger charge is -2.23. The van der Waals surface area contributed by atoms with Crippen molar-refractivity contribution >= 4 is 44.5 Å². The van der Waals surface area contributed by atoms with Crippen LogP contribution in [-0.4, -0.2) is 44.6 Å². The van der Waals surface area contributed by atoms with Gasteiger partial charge in [0, 0.05) is 31.4 Å². The molecule has 12 heteroatoms. The Morgan fingerprint density at radius 2 is 1.97 bits per heavy atom. The van der Waals surface area contributed by atoms with Crippen molar-refractivity contribution in [3.8, 4) is 0 Å². The summed E-state index contributed by atoms with van der Waals surface area (Å²) in [5.74, 6) is -1.43. The summed E-state index contributed by atoms with van der Waals surface area (Å²) in [5.41, 5.74) is 1.27. The first-order chi connectivity index (χ1) is 15.8. The summed E-state index contributed by atoms with van der Waals surface area (Å²) < 4.78 is 56.3. The Balaban J connectivity index is 1.62. The van der Waals surface area contributed by atoms with E-state index in [2.05, 4.69) is 25.3 Å². The largest absolute Gasteiger partial charge is 0.368 e. The van der Waals surface area contributed by atoms with Crippen molar-refractivity contribution in [3.63, 3.8) is 0 Å². The number of anilines is 4. The lowest BCUT2D eigenvalue weighted by molar-refractivity contribution is 0.570. The van der Waals surface area contributed by atoms with E-state index in [9.17, 15) is 17.2 Å². The molecule has 0 radical (unpaired) electrons. The second-order valence-corrected chi connectivity index (χ2v) is 9.53. The maximum atomic E-state index is 14.9. The van der Waals surface area contributed by atoms with E-state index in [1.165, 1.54) is 30.5 Å². The van der Waals surface area contributed by atoms with Crippen molar-refractivity contribution in [1.29, 1.82) is 0 Å². The van der Waals surface area contributed by atoms with Gasteiger partial charge in [-0.3, -0.25) is 4.72 Å². The third-order valence-corrected chi connectivity index (χ3v) is 6.98. The number of hydrogen-bond donors (Lipinski definition) is 3. The fourth-order valence-corrected chi connectivity index (χ4v) is 4.98. The Bertz CT molecular complexity index is 1260. The first-order valence-electron chi connectivity index (χ1n) is 10.0. The molecule has 1 saturated heterocycles. The van der Waals surface area contributed by atoms with Crippen LogP contribution in [0.15, 0.2) is 53.8 Å². The van der Waals surface area contributed by atoms with E-state index >= 15 is 0 Å². The van der Waals surface area contributed by atoms with Crippen molar-refractivity contribution < 1.29 is 17.2 Å². The number of nitrogens with zero attached hydrogens (tertiary/aromatic N) is 3. The van der Waals surface area contributed by atoms with Crippen LogP contribution < -0.4 is 20.3 Å². The highest BCUT2D eigenvalue weighted by atomic mass is 35.5. The van der Waals surface area contributed by atoms with Gasteiger partial charge in [-0.25, -0.2) is 27.2 Å². The molecular weight excluding hydrogens is 474 g/mol. The molecule has 3 N–H and O–H groups in total. The predicted octanol–water partition coefficient (Wildman–Crippen LogP) is 3.75. The number of sulfonamides is 1. The molecule has 3 aromatic rings. The highest BCUT2D eigenvalue weighted by molar-refractivity contribution is 7.92. The predicted molar refractivity (Wildman–Crippen MR) is 124 cm³/mol. The Labute approximate surface area is 195 Å². The lowest BCUT2D eigenvalue weighted by Crippen LogP contribution is -2.29. The van der Waals surface area contributed by atoms with Gasteiger partial charge in [-0.2, -0.15) is 0 Å². The second kappa shape index (κ2) is 9.46.